The van der Waals surface area contributed by atoms with Gasteiger partial charge < -0.3 is 0 Å². The molecule has 0 amide bonds. The summed E-state index contributed by atoms with van der Waals surface area (Å²) in [5, 5.41) is 7.76. The molecule has 0 aromatic carbocycles. The van der Waals surface area contributed by atoms with Crippen molar-refractivity contribution in [3.8, 4) is 6.07 Å². The van der Waals surface area contributed by atoms with Gasteiger partial charge in [-0.2, -0.15) is 5.26 Å². The molecule has 0 spiro atoms. The lowest BCUT2D eigenvalue weighted by Gasteiger charge is -2.33. The topological polar surface area (TPSA) is 61.2 Å². The van der Waals surface area contributed by atoms with Crippen LogP contribution in [0.5, 0.6) is 0 Å². The summed E-state index contributed by atoms with van der Waals surface area (Å²) in [7, 11) is -1.84. The Labute approximate surface area is 98.3 Å². The van der Waals surface area contributed by atoms with Crippen LogP contribution in [0.4, 0.5) is 0 Å². The molecule has 3 atom stereocenters. The Morgan fingerprint density at radius 3 is 2.56 bits per heavy atom. The van der Waals surface area contributed by atoms with Crippen molar-refractivity contribution in [1.82, 2.24) is 4.31 Å². The van der Waals surface area contributed by atoms with E-state index < -0.39 is 15.3 Å². The number of rotatable bonds is 3. The van der Waals surface area contributed by atoms with Crippen LogP contribution in [0.2, 0.25) is 0 Å². The average Bonchev–Trinajstić information content (AvgIpc) is 2.26. The van der Waals surface area contributed by atoms with Crippen LogP contribution in [-0.4, -0.2) is 31.1 Å². The van der Waals surface area contributed by atoms with Crippen LogP contribution >= 0.6 is 0 Å². The van der Waals surface area contributed by atoms with Crippen LogP contribution in [0.3, 0.4) is 0 Å². The molecule has 0 aromatic rings. The minimum atomic E-state index is -3.44. The van der Waals surface area contributed by atoms with Crippen molar-refractivity contribution in [3.63, 3.8) is 0 Å². The van der Waals surface area contributed by atoms with E-state index in [9.17, 15) is 8.42 Å². The first kappa shape index (κ1) is 13.5. The molecule has 1 aliphatic rings. The first-order chi connectivity index (χ1) is 7.39. The molecule has 0 N–H and O–H groups in total. The fourth-order valence-electron chi connectivity index (χ4n) is 2.26. The van der Waals surface area contributed by atoms with Gasteiger partial charge in [-0.25, -0.2) is 12.7 Å². The van der Waals surface area contributed by atoms with Crippen molar-refractivity contribution in [2.24, 2.45) is 5.92 Å². The monoisotopic (exact) mass is 244 g/mol. The fourth-order valence-corrected chi connectivity index (χ4v) is 3.50. The molecule has 0 heterocycles. The van der Waals surface area contributed by atoms with Crippen molar-refractivity contribution in [1.29, 1.82) is 5.26 Å². The van der Waals surface area contributed by atoms with Crippen LogP contribution in [0, 0.1) is 17.2 Å². The van der Waals surface area contributed by atoms with Gasteiger partial charge in [-0.05, 0) is 25.7 Å². The number of hydrogen-bond donors (Lipinski definition) is 0. The van der Waals surface area contributed by atoms with Crippen molar-refractivity contribution in [2.45, 2.75) is 50.8 Å². The summed E-state index contributed by atoms with van der Waals surface area (Å²) < 4.78 is 25.4. The van der Waals surface area contributed by atoms with Crippen LogP contribution in [0.1, 0.15) is 39.5 Å². The van der Waals surface area contributed by atoms with Gasteiger partial charge in [0.2, 0.25) is 10.0 Å². The Bertz CT molecular complexity index is 372. The SMILES string of the molecule is CC1CCCC(N(C)S(=O)(=O)C(C)C#N)C1. The number of nitriles is 1. The van der Waals surface area contributed by atoms with Crippen molar-refractivity contribution in [3.05, 3.63) is 0 Å². The summed E-state index contributed by atoms with van der Waals surface area (Å²) in [5.74, 6) is 0.578. The molecular weight excluding hydrogens is 224 g/mol. The van der Waals surface area contributed by atoms with E-state index in [0.29, 0.717) is 5.92 Å². The molecule has 1 aliphatic carbocycles. The normalized spacial score (nSPS) is 28.7. The summed E-state index contributed by atoms with van der Waals surface area (Å²) in [6.07, 6.45) is 4.08. The van der Waals surface area contributed by atoms with Gasteiger partial charge in [-0.1, -0.05) is 19.8 Å². The maximum Gasteiger partial charge on any atom is 0.230 e. The second-order valence-electron chi connectivity index (χ2n) is 4.76. The van der Waals surface area contributed by atoms with Gasteiger partial charge in [0.1, 0.15) is 0 Å². The van der Waals surface area contributed by atoms with E-state index in [2.05, 4.69) is 6.92 Å². The lowest BCUT2D eigenvalue weighted by molar-refractivity contribution is 0.238. The van der Waals surface area contributed by atoms with Crippen LogP contribution in [0.25, 0.3) is 0 Å². The maximum atomic E-state index is 12.0. The van der Waals surface area contributed by atoms with Gasteiger partial charge >= 0.3 is 0 Å². The Balaban J connectivity index is 2.78. The molecule has 0 bridgehead atoms. The highest BCUT2D eigenvalue weighted by Gasteiger charge is 2.33. The largest absolute Gasteiger partial charge is 0.230 e. The van der Waals surface area contributed by atoms with Crippen molar-refractivity contribution < 1.29 is 8.42 Å². The molecule has 5 heteroatoms. The fraction of sp³-hybridized carbons (Fsp3) is 0.909. The smallest absolute Gasteiger partial charge is 0.211 e. The molecule has 16 heavy (non-hydrogen) atoms. The summed E-state index contributed by atoms with van der Waals surface area (Å²) in [5.41, 5.74) is 0. The van der Waals surface area contributed by atoms with E-state index in [0.717, 1.165) is 19.3 Å². The van der Waals surface area contributed by atoms with Gasteiger partial charge in [-0.15, -0.1) is 0 Å². The van der Waals surface area contributed by atoms with E-state index in [1.165, 1.54) is 17.6 Å². The molecule has 1 saturated carbocycles. The second kappa shape index (κ2) is 5.15. The highest BCUT2D eigenvalue weighted by Crippen LogP contribution is 2.28. The van der Waals surface area contributed by atoms with E-state index >= 15 is 0 Å². The minimum Gasteiger partial charge on any atom is -0.211 e. The molecule has 3 unspecified atom stereocenters. The molecule has 0 radical (unpaired) electrons. The zero-order valence-corrected chi connectivity index (χ0v) is 11.0. The van der Waals surface area contributed by atoms with Gasteiger partial charge in [-0.3, -0.25) is 0 Å². The van der Waals surface area contributed by atoms with Gasteiger partial charge in [0.05, 0.1) is 6.07 Å². The van der Waals surface area contributed by atoms with E-state index in [4.69, 9.17) is 5.26 Å². The zero-order chi connectivity index (χ0) is 12.3. The summed E-state index contributed by atoms with van der Waals surface area (Å²) in [6.45, 7) is 3.60. The zero-order valence-electron chi connectivity index (χ0n) is 10.2. The Morgan fingerprint density at radius 2 is 2.06 bits per heavy atom. The minimum absolute atomic E-state index is 0.0737. The number of hydrogen-bond acceptors (Lipinski definition) is 3. The molecule has 92 valence electrons. The Morgan fingerprint density at radius 1 is 1.44 bits per heavy atom. The predicted octanol–water partition coefficient (Wildman–Crippen LogP) is 1.74. The highest BCUT2D eigenvalue weighted by atomic mass is 32.2. The lowest BCUT2D eigenvalue weighted by Crippen LogP contribution is -2.43. The predicted molar refractivity (Wildman–Crippen MR) is 63.2 cm³/mol. The van der Waals surface area contributed by atoms with Gasteiger partial charge in [0, 0.05) is 13.1 Å². The van der Waals surface area contributed by atoms with Gasteiger partial charge in [0.15, 0.2) is 5.25 Å². The molecule has 0 saturated heterocycles. The van der Waals surface area contributed by atoms with E-state index in [1.807, 2.05) is 0 Å². The van der Waals surface area contributed by atoms with E-state index in [-0.39, 0.29) is 6.04 Å². The van der Waals surface area contributed by atoms with Crippen LogP contribution in [-0.2, 0) is 10.0 Å². The maximum absolute atomic E-state index is 12.0. The lowest BCUT2D eigenvalue weighted by atomic mass is 9.87. The third-order valence-corrected chi connectivity index (χ3v) is 5.55. The summed E-state index contributed by atoms with van der Waals surface area (Å²) in [6, 6.07) is 1.88. The van der Waals surface area contributed by atoms with Crippen molar-refractivity contribution in [2.75, 3.05) is 7.05 Å². The quantitative estimate of drug-likeness (QED) is 0.759. The molecule has 1 fully saturated rings. The average molecular weight is 244 g/mol. The first-order valence-corrected chi connectivity index (χ1v) is 7.26. The molecule has 4 nitrogen and oxygen atoms in total. The summed E-state index contributed by atoms with van der Waals surface area (Å²) in [4.78, 5) is 0. The molecule has 0 aromatic heterocycles. The van der Waals surface area contributed by atoms with Gasteiger partial charge in [0.25, 0.3) is 0 Å². The van der Waals surface area contributed by atoms with Crippen molar-refractivity contribution >= 4 is 10.0 Å². The third kappa shape index (κ3) is 2.74. The first-order valence-electron chi connectivity index (χ1n) is 5.76. The number of nitrogens with zero attached hydrogens (tertiary/aromatic N) is 2. The van der Waals surface area contributed by atoms with Crippen LogP contribution < -0.4 is 0 Å². The third-order valence-electron chi connectivity index (χ3n) is 3.45. The van der Waals surface area contributed by atoms with Crippen LogP contribution in [0.15, 0.2) is 0 Å². The standard InChI is InChI=1S/C11H20N2O2S/c1-9-5-4-6-11(7-9)13(3)16(14,15)10(2)8-12/h9-11H,4-7H2,1-3H3. The molecular formula is C11H20N2O2S. The highest BCUT2D eigenvalue weighted by molar-refractivity contribution is 7.89. The number of sulfonamides is 1. The van der Waals surface area contributed by atoms with E-state index in [1.54, 1.807) is 13.1 Å². The molecule has 1 rings (SSSR count). The Kier molecular flexibility index (Phi) is 4.34. The molecule has 0 aliphatic heterocycles. The Hall–Kier alpha value is -0.600. The second-order valence-corrected chi connectivity index (χ2v) is 7.07. The summed E-state index contributed by atoms with van der Waals surface area (Å²) >= 11 is 0.